The maximum absolute atomic E-state index is 12.6. The first-order chi connectivity index (χ1) is 13.4. The van der Waals surface area contributed by atoms with E-state index in [0.717, 1.165) is 5.56 Å². The number of carbonyl (C=O) groups excluding carboxylic acids is 2. The van der Waals surface area contributed by atoms with Crippen LogP contribution in [0.3, 0.4) is 0 Å². The van der Waals surface area contributed by atoms with E-state index in [4.69, 9.17) is 4.74 Å². The van der Waals surface area contributed by atoms with Crippen LogP contribution in [0.2, 0.25) is 0 Å². The Hall–Kier alpha value is -2.29. The Morgan fingerprint density at radius 1 is 1.03 bits per heavy atom. The number of ether oxygens (including phenoxy) is 1. The van der Waals surface area contributed by atoms with Crippen molar-refractivity contribution in [2.75, 3.05) is 38.0 Å². The number of hydrogen-bond donors (Lipinski definition) is 1. The molecule has 162 valence electrons. The Kier molecular flexibility index (Phi) is 7.51. The zero-order valence-corrected chi connectivity index (χ0v) is 17.0. The third-order valence-electron chi connectivity index (χ3n) is 4.30. The van der Waals surface area contributed by atoms with Crippen molar-refractivity contribution in [2.24, 2.45) is 0 Å². The highest BCUT2D eigenvalue weighted by Crippen LogP contribution is 2.18. The van der Waals surface area contributed by atoms with Crippen molar-refractivity contribution in [1.29, 1.82) is 0 Å². The molecular formula is C20H28F3N3O3. The minimum Gasteiger partial charge on any atom is -0.444 e. The van der Waals surface area contributed by atoms with Crippen LogP contribution < -0.4 is 5.32 Å². The number of nitrogens with one attached hydrogen (secondary N) is 1. The second-order valence-electron chi connectivity index (χ2n) is 8.13. The monoisotopic (exact) mass is 415 g/mol. The van der Waals surface area contributed by atoms with Gasteiger partial charge in [0, 0.05) is 31.9 Å². The van der Waals surface area contributed by atoms with E-state index < -0.39 is 24.4 Å². The van der Waals surface area contributed by atoms with Gasteiger partial charge in [-0.25, -0.2) is 4.79 Å². The molecular weight excluding hydrogens is 387 g/mol. The van der Waals surface area contributed by atoms with Gasteiger partial charge in [-0.1, -0.05) is 12.1 Å². The molecule has 1 aromatic rings. The van der Waals surface area contributed by atoms with Crippen molar-refractivity contribution in [3.8, 4) is 0 Å². The number of alkyl halides is 3. The van der Waals surface area contributed by atoms with Gasteiger partial charge in [0.1, 0.15) is 5.60 Å². The number of hydrogen-bond acceptors (Lipinski definition) is 4. The summed E-state index contributed by atoms with van der Waals surface area (Å²) in [7, 11) is 0. The molecule has 6 nitrogen and oxygen atoms in total. The van der Waals surface area contributed by atoms with E-state index in [-0.39, 0.29) is 25.4 Å². The number of anilines is 1. The topological polar surface area (TPSA) is 61.9 Å². The minimum absolute atomic E-state index is 0.119. The highest BCUT2D eigenvalue weighted by Gasteiger charge is 2.31. The van der Waals surface area contributed by atoms with Gasteiger partial charge in [0.2, 0.25) is 5.91 Å². The largest absolute Gasteiger partial charge is 0.444 e. The van der Waals surface area contributed by atoms with Gasteiger partial charge in [-0.3, -0.25) is 15.0 Å². The number of halogens is 3. The summed E-state index contributed by atoms with van der Waals surface area (Å²) in [4.78, 5) is 27.3. The van der Waals surface area contributed by atoms with E-state index in [1.54, 1.807) is 49.9 Å². The second-order valence-corrected chi connectivity index (χ2v) is 8.13. The van der Waals surface area contributed by atoms with Crippen LogP contribution in [0.1, 0.15) is 32.8 Å². The molecule has 1 heterocycles. The molecule has 0 atom stereocenters. The quantitative estimate of drug-likeness (QED) is 0.815. The van der Waals surface area contributed by atoms with Crippen molar-refractivity contribution in [3.63, 3.8) is 0 Å². The summed E-state index contributed by atoms with van der Waals surface area (Å²) in [5.41, 5.74) is 0.716. The van der Waals surface area contributed by atoms with Crippen LogP contribution in [0.4, 0.5) is 23.7 Å². The molecule has 1 N–H and O–H groups in total. The van der Waals surface area contributed by atoms with Crippen LogP contribution in [0, 0.1) is 0 Å². The highest BCUT2D eigenvalue weighted by atomic mass is 19.4. The summed E-state index contributed by atoms with van der Waals surface area (Å²) >= 11 is 0. The summed E-state index contributed by atoms with van der Waals surface area (Å²) < 4.78 is 42.8. The zero-order valence-electron chi connectivity index (χ0n) is 17.0. The normalized spacial score (nSPS) is 16.3. The molecule has 1 fully saturated rings. The van der Waals surface area contributed by atoms with Gasteiger partial charge < -0.3 is 9.64 Å². The number of benzene rings is 1. The maximum Gasteiger partial charge on any atom is 0.412 e. The fraction of sp³-hybridized carbons (Fsp3) is 0.600. The standard InChI is InChI=1S/C20H28F3N3O3/c1-19(2,3)29-18(28)24-16-7-5-15(6-8-16)13-17(27)26-10-4-9-25(11-12-26)14-20(21,22)23/h5-8H,4,9-14H2,1-3H3,(H,24,28). The minimum atomic E-state index is -4.23. The molecule has 0 unspecified atom stereocenters. The molecule has 1 aliphatic rings. The van der Waals surface area contributed by atoms with Gasteiger partial charge in [-0.15, -0.1) is 0 Å². The van der Waals surface area contributed by atoms with Gasteiger partial charge >= 0.3 is 12.3 Å². The summed E-state index contributed by atoms with van der Waals surface area (Å²) in [6, 6.07) is 6.83. The van der Waals surface area contributed by atoms with Crippen molar-refractivity contribution in [1.82, 2.24) is 9.80 Å². The second kappa shape index (κ2) is 9.47. The Labute approximate surface area is 169 Å². The summed E-state index contributed by atoms with van der Waals surface area (Å²) in [5.74, 6) is -0.119. The smallest absolute Gasteiger partial charge is 0.412 e. The fourth-order valence-electron chi connectivity index (χ4n) is 3.05. The maximum atomic E-state index is 12.6. The molecule has 1 aromatic carbocycles. The fourth-order valence-corrected chi connectivity index (χ4v) is 3.05. The predicted molar refractivity (Wildman–Crippen MR) is 104 cm³/mol. The van der Waals surface area contributed by atoms with Crippen molar-refractivity contribution >= 4 is 17.7 Å². The van der Waals surface area contributed by atoms with Crippen molar-refractivity contribution in [2.45, 2.75) is 45.4 Å². The third-order valence-corrected chi connectivity index (χ3v) is 4.30. The summed E-state index contributed by atoms with van der Waals surface area (Å²) in [6.45, 7) is 5.64. The Balaban J connectivity index is 1.85. The van der Waals surface area contributed by atoms with Crippen molar-refractivity contribution in [3.05, 3.63) is 29.8 Å². The molecule has 0 bridgehead atoms. The van der Waals surface area contributed by atoms with Gasteiger partial charge in [0.15, 0.2) is 0 Å². The number of amides is 2. The van der Waals surface area contributed by atoms with Crippen LogP contribution in [-0.2, 0) is 16.0 Å². The lowest BCUT2D eigenvalue weighted by Gasteiger charge is -2.23. The predicted octanol–water partition coefficient (Wildman–Crippen LogP) is 3.67. The van der Waals surface area contributed by atoms with E-state index in [9.17, 15) is 22.8 Å². The Morgan fingerprint density at radius 2 is 1.69 bits per heavy atom. The van der Waals surface area contributed by atoms with E-state index >= 15 is 0 Å². The van der Waals surface area contributed by atoms with Crippen LogP contribution in [0.5, 0.6) is 0 Å². The first kappa shape index (κ1) is 23.0. The lowest BCUT2D eigenvalue weighted by molar-refractivity contribution is -0.145. The number of carbonyl (C=O) groups is 2. The molecule has 1 saturated heterocycles. The Bertz CT molecular complexity index is 700. The van der Waals surface area contributed by atoms with Gasteiger partial charge in [-0.05, 0) is 44.9 Å². The molecule has 0 spiro atoms. The molecule has 9 heteroatoms. The van der Waals surface area contributed by atoms with E-state index in [2.05, 4.69) is 5.32 Å². The van der Waals surface area contributed by atoms with Gasteiger partial charge in [0.05, 0.1) is 13.0 Å². The van der Waals surface area contributed by atoms with Crippen molar-refractivity contribution < 1.29 is 27.5 Å². The van der Waals surface area contributed by atoms with Crippen LogP contribution >= 0.6 is 0 Å². The molecule has 0 aliphatic carbocycles. The van der Waals surface area contributed by atoms with E-state index in [1.807, 2.05) is 0 Å². The lowest BCUT2D eigenvalue weighted by atomic mass is 10.1. The molecule has 0 saturated carbocycles. The van der Waals surface area contributed by atoms with Gasteiger partial charge in [-0.2, -0.15) is 13.2 Å². The third kappa shape index (κ3) is 8.72. The highest BCUT2D eigenvalue weighted by molar-refractivity contribution is 5.85. The Morgan fingerprint density at radius 3 is 2.28 bits per heavy atom. The average Bonchev–Trinajstić information content (AvgIpc) is 2.79. The first-order valence-corrected chi connectivity index (χ1v) is 9.57. The SMILES string of the molecule is CC(C)(C)OC(=O)Nc1ccc(CC(=O)N2CCCN(CC(F)(F)F)CC2)cc1. The lowest BCUT2D eigenvalue weighted by Crippen LogP contribution is -2.39. The first-order valence-electron chi connectivity index (χ1n) is 9.57. The number of nitrogens with zero attached hydrogens (tertiary/aromatic N) is 2. The van der Waals surface area contributed by atoms with Crippen LogP contribution in [-0.4, -0.2) is 66.3 Å². The summed E-state index contributed by atoms with van der Waals surface area (Å²) in [5, 5.41) is 2.62. The van der Waals surface area contributed by atoms with E-state index in [1.165, 1.54) is 4.90 Å². The summed E-state index contributed by atoms with van der Waals surface area (Å²) in [6.07, 6.45) is -4.12. The molecule has 2 rings (SSSR count). The molecule has 0 radical (unpaired) electrons. The van der Waals surface area contributed by atoms with Gasteiger partial charge in [0.25, 0.3) is 0 Å². The molecule has 2 amide bonds. The zero-order chi connectivity index (χ0) is 21.7. The molecule has 1 aliphatic heterocycles. The number of rotatable bonds is 4. The van der Waals surface area contributed by atoms with E-state index in [0.29, 0.717) is 25.2 Å². The average molecular weight is 415 g/mol. The molecule has 29 heavy (non-hydrogen) atoms. The molecule has 0 aromatic heterocycles. The van der Waals surface area contributed by atoms with Crippen LogP contribution in [0.25, 0.3) is 0 Å². The van der Waals surface area contributed by atoms with Crippen LogP contribution in [0.15, 0.2) is 24.3 Å².